The zero-order valence-electron chi connectivity index (χ0n) is 14.4. The van der Waals surface area contributed by atoms with Crippen LogP contribution in [0.2, 0.25) is 0 Å². The van der Waals surface area contributed by atoms with Crippen molar-refractivity contribution in [3.63, 3.8) is 0 Å². The molecule has 1 unspecified atom stereocenters. The molecule has 2 rings (SSSR count). The molecule has 0 bridgehead atoms. The average Bonchev–Trinajstić information content (AvgIpc) is 3.11. The Balaban J connectivity index is 1.92. The van der Waals surface area contributed by atoms with Crippen LogP contribution in [0.4, 0.5) is 9.59 Å². The van der Waals surface area contributed by atoms with Gasteiger partial charge < -0.3 is 15.1 Å². The SMILES string of the molecule is CC(C)CCNC(=O)NC(=O)CN1C(=O)NC(C)(c2ccco2)C1=O. The minimum Gasteiger partial charge on any atom is -0.466 e. The summed E-state index contributed by atoms with van der Waals surface area (Å²) < 4.78 is 5.19. The maximum Gasteiger partial charge on any atom is 0.325 e. The van der Waals surface area contributed by atoms with Crippen molar-refractivity contribution in [2.45, 2.75) is 32.7 Å². The van der Waals surface area contributed by atoms with E-state index in [4.69, 9.17) is 4.42 Å². The highest BCUT2D eigenvalue weighted by molar-refractivity contribution is 6.09. The second-order valence-corrected chi connectivity index (χ2v) is 6.41. The second kappa shape index (κ2) is 7.37. The number of furan rings is 1. The average molecular weight is 350 g/mol. The molecule has 136 valence electrons. The van der Waals surface area contributed by atoms with Gasteiger partial charge in [0.1, 0.15) is 12.3 Å². The van der Waals surface area contributed by atoms with Gasteiger partial charge in [0, 0.05) is 6.54 Å². The summed E-state index contributed by atoms with van der Waals surface area (Å²) in [4.78, 5) is 48.8. The Morgan fingerprint density at radius 3 is 2.68 bits per heavy atom. The van der Waals surface area contributed by atoms with Crippen LogP contribution < -0.4 is 16.0 Å². The lowest BCUT2D eigenvalue weighted by Crippen LogP contribution is -2.47. The molecule has 1 aliphatic rings. The van der Waals surface area contributed by atoms with Crippen molar-refractivity contribution < 1.29 is 23.6 Å². The Labute approximate surface area is 145 Å². The zero-order valence-corrected chi connectivity index (χ0v) is 14.4. The van der Waals surface area contributed by atoms with E-state index in [0.29, 0.717) is 12.5 Å². The fourth-order valence-corrected chi connectivity index (χ4v) is 2.40. The monoisotopic (exact) mass is 350 g/mol. The van der Waals surface area contributed by atoms with Crippen molar-refractivity contribution >= 4 is 23.9 Å². The van der Waals surface area contributed by atoms with Gasteiger partial charge in [0.25, 0.3) is 5.91 Å². The second-order valence-electron chi connectivity index (χ2n) is 6.41. The largest absolute Gasteiger partial charge is 0.466 e. The standard InChI is InChI=1S/C16H22N4O5/c1-10(2)6-7-17-14(23)18-12(21)9-20-13(22)16(3,19-15(20)24)11-5-4-8-25-11/h4-5,8,10H,6-7,9H2,1-3H3,(H,19,24)(H2,17,18,21,23). The fraction of sp³-hybridized carbons (Fsp3) is 0.500. The number of nitrogens with zero attached hydrogens (tertiary/aromatic N) is 1. The molecule has 9 nitrogen and oxygen atoms in total. The molecule has 0 radical (unpaired) electrons. The van der Waals surface area contributed by atoms with Crippen LogP contribution in [0.1, 0.15) is 33.0 Å². The molecule has 6 amide bonds. The van der Waals surface area contributed by atoms with E-state index < -0.39 is 36.0 Å². The Bertz CT molecular complexity index is 670. The van der Waals surface area contributed by atoms with Gasteiger partial charge in [-0.1, -0.05) is 13.8 Å². The fourth-order valence-electron chi connectivity index (χ4n) is 2.40. The predicted octanol–water partition coefficient (Wildman–Crippen LogP) is 0.918. The van der Waals surface area contributed by atoms with Crippen molar-refractivity contribution in [1.29, 1.82) is 0 Å². The number of carbonyl (C=O) groups is 4. The van der Waals surface area contributed by atoms with E-state index in [2.05, 4.69) is 16.0 Å². The summed E-state index contributed by atoms with van der Waals surface area (Å²) in [5.74, 6) is -0.696. The molecule has 1 atom stereocenters. The highest BCUT2D eigenvalue weighted by Gasteiger charge is 2.51. The maximum absolute atomic E-state index is 12.5. The Morgan fingerprint density at radius 1 is 1.36 bits per heavy atom. The topological polar surface area (TPSA) is 121 Å². The molecule has 0 spiro atoms. The number of hydrogen-bond donors (Lipinski definition) is 3. The van der Waals surface area contributed by atoms with E-state index in [9.17, 15) is 19.2 Å². The van der Waals surface area contributed by atoms with Gasteiger partial charge in [0.05, 0.1) is 6.26 Å². The molecule has 9 heteroatoms. The third kappa shape index (κ3) is 4.17. The molecule has 1 aliphatic heterocycles. The zero-order chi connectivity index (χ0) is 18.6. The summed E-state index contributed by atoms with van der Waals surface area (Å²) in [6.45, 7) is 5.38. The van der Waals surface area contributed by atoms with Crippen LogP contribution >= 0.6 is 0 Å². The molecule has 0 aromatic carbocycles. The van der Waals surface area contributed by atoms with E-state index in [-0.39, 0.29) is 5.76 Å². The number of rotatable bonds is 6. The summed E-state index contributed by atoms with van der Waals surface area (Å²) in [5.41, 5.74) is -1.37. The van der Waals surface area contributed by atoms with Crippen LogP contribution in [0.15, 0.2) is 22.8 Å². The third-order valence-corrected chi connectivity index (χ3v) is 3.85. The van der Waals surface area contributed by atoms with Crippen LogP contribution in [0.5, 0.6) is 0 Å². The summed E-state index contributed by atoms with van der Waals surface area (Å²) >= 11 is 0. The Hall–Kier alpha value is -2.84. The van der Waals surface area contributed by atoms with Gasteiger partial charge in [-0.25, -0.2) is 9.59 Å². The van der Waals surface area contributed by atoms with Crippen LogP contribution in [0.25, 0.3) is 0 Å². The molecule has 2 heterocycles. The normalized spacial score (nSPS) is 19.9. The van der Waals surface area contributed by atoms with E-state index in [1.807, 2.05) is 13.8 Å². The predicted molar refractivity (Wildman–Crippen MR) is 87.3 cm³/mol. The third-order valence-electron chi connectivity index (χ3n) is 3.85. The smallest absolute Gasteiger partial charge is 0.325 e. The highest BCUT2D eigenvalue weighted by Crippen LogP contribution is 2.28. The summed E-state index contributed by atoms with van der Waals surface area (Å²) in [6.07, 6.45) is 2.16. The van der Waals surface area contributed by atoms with E-state index in [0.717, 1.165) is 11.3 Å². The first-order chi connectivity index (χ1) is 11.7. The van der Waals surface area contributed by atoms with E-state index in [1.54, 1.807) is 12.1 Å². The first-order valence-electron chi connectivity index (χ1n) is 8.00. The molecule has 1 aromatic rings. The number of amides is 6. The van der Waals surface area contributed by atoms with Crippen LogP contribution in [-0.4, -0.2) is 41.9 Å². The quantitative estimate of drug-likeness (QED) is 0.659. The Morgan fingerprint density at radius 2 is 2.08 bits per heavy atom. The van der Waals surface area contributed by atoms with Crippen molar-refractivity contribution in [3.05, 3.63) is 24.2 Å². The summed E-state index contributed by atoms with van der Waals surface area (Å²) in [7, 11) is 0. The Kier molecular flexibility index (Phi) is 5.45. The molecule has 0 aliphatic carbocycles. The van der Waals surface area contributed by atoms with E-state index >= 15 is 0 Å². The molecule has 0 saturated carbocycles. The van der Waals surface area contributed by atoms with Crippen molar-refractivity contribution in [3.8, 4) is 0 Å². The number of nitrogens with one attached hydrogen (secondary N) is 3. The molecule has 1 saturated heterocycles. The minimum absolute atomic E-state index is 0.264. The molecule has 1 aromatic heterocycles. The summed E-state index contributed by atoms with van der Waals surface area (Å²) in [5, 5.41) is 7.14. The van der Waals surface area contributed by atoms with Crippen LogP contribution in [0.3, 0.4) is 0 Å². The van der Waals surface area contributed by atoms with E-state index in [1.165, 1.54) is 13.2 Å². The van der Waals surface area contributed by atoms with Crippen molar-refractivity contribution in [2.75, 3.05) is 13.1 Å². The van der Waals surface area contributed by atoms with Crippen LogP contribution in [0, 0.1) is 5.92 Å². The van der Waals surface area contributed by atoms with Gasteiger partial charge in [0.2, 0.25) is 5.91 Å². The first-order valence-corrected chi connectivity index (χ1v) is 8.00. The van der Waals surface area contributed by atoms with Crippen molar-refractivity contribution in [1.82, 2.24) is 20.9 Å². The molecular formula is C16H22N4O5. The minimum atomic E-state index is -1.37. The lowest BCUT2D eigenvalue weighted by Gasteiger charge is -2.18. The van der Waals surface area contributed by atoms with Crippen molar-refractivity contribution in [2.24, 2.45) is 5.92 Å². The number of urea groups is 2. The van der Waals surface area contributed by atoms with Gasteiger partial charge in [-0.05, 0) is 31.4 Å². The molecule has 1 fully saturated rings. The van der Waals surface area contributed by atoms with Gasteiger partial charge >= 0.3 is 12.1 Å². The molecule has 3 N–H and O–H groups in total. The number of imide groups is 2. The van der Waals surface area contributed by atoms with Gasteiger partial charge in [0.15, 0.2) is 5.54 Å². The maximum atomic E-state index is 12.5. The summed E-state index contributed by atoms with van der Waals surface area (Å²) in [6, 6.07) is 1.77. The molecular weight excluding hydrogens is 328 g/mol. The number of carbonyl (C=O) groups excluding carboxylic acids is 4. The number of hydrogen-bond acceptors (Lipinski definition) is 5. The lowest BCUT2D eigenvalue weighted by molar-refractivity contribution is -0.135. The highest BCUT2D eigenvalue weighted by atomic mass is 16.3. The van der Waals surface area contributed by atoms with Gasteiger partial charge in [-0.3, -0.25) is 19.8 Å². The van der Waals surface area contributed by atoms with Gasteiger partial charge in [-0.15, -0.1) is 0 Å². The lowest BCUT2D eigenvalue weighted by atomic mass is 9.99. The van der Waals surface area contributed by atoms with Gasteiger partial charge in [-0.2, -0.15) is 0 Å². The first kappa shape index (κ1) is 18.5. The van der Waals surface area contributed by atoms with Crippen LogP contribution in [-0.2, 0) is 15.1 Å². The molecule has 25 heavy (non-hydrogen) atoms.